The molecular formula is C20H26N2O4S. The van der Waals surface area contributed by atoms with Gasteiger partial charge in [-0.05, 0) is 55.7 Å². The summed E-state index contributed by atoms with van der Waals surface area (Å²) in [5.41, 5.74) is 1.30. The molecule has 1 amide bonds. The highest BCUT2D eigenvalue weighted by Gasteiger charge is 2.16. The molecule has 0 saturated carbocycles. The number of benzene rings is 2. The van der Waals surface area contributed by atoms with Crippen molar-refractivity contribution in [1.82, 2.24) is 10.0 Å². The molecule has 146 valence electrons. The van der Waals surface area contributed by atoms with Crippen LogP contribution in [0.15, 0.2) is 53.4 Å². The highest BCUT2D eigenvalue weighted by Crippen LogP contribution is 2.14. The van der Waals surface area contributed by atoms with Crippen molar-refractivity contribution in [1.29, 1.82) is 0 Å². The van der Waals surface area contributed by atoms with E-state index in [0.717, 1.165) is 17.7 Å². The summed E-state index contributed by atoms with van der Waals surface area (Å²) in [6.07, 6.45) is 1.33. The number of ether oxygens (including phenoxy) is 1. The van der Waals surface area contributed by atoms with Crippen molar-refractivity contribution in [3.63, 3.8) is 0 Å². The topological polar surface area (TPSA) is 84.5 Å². The average Bonchev–Trinajstić information content (AvgIpc) is 2.68. The minimum Gasteiger partial charge on any atom is -0.497 e. The molecule has 2 aromatic carbocycles. The third-order valence-corrected chi connectivity index (χ3v) is 5.69. The van der Waals surface area contributed by atoms with E-state index in [1.165, 1.54) is 12.1 Å². The molecule has 2 aromatic rings. The Hall–Kier alpha value is -2.38. The van der Waals surface area contributed by atoms with Crippen LogP contribution >= 0.6 is 0 Å². The molecular weight excluding hydrogens is 364 g/mol. The number of amides is 1. The fourth-order valence-corrected chi connectivity index (χ4v) is 3.53. The van der Waals surface area contributed by atoms with E-state index in [0.29, 0.717) is 12.0 Å². The molecule has 0 aliphatic heterocycles. The molecule has 0 aliphatic carbocycles. The van der Waals surface area contributed by atoms with Gasteiger partial charge >= 0.3 is 0 Å². The summed E-state index contributed by atoms with van der Waals surface area (Å²) >= 11 is 0. The number of carbonyl (C=O) groups excluding carboxylic acids is 1. The first-order valence-corrected chi connectivity index (χ1v) is 10.4. The number of sulfonamides is 1. The third-order valence-electron chi connectivity index (χ3n) is 4.24. The van der Waals surface area contributed by atoms with Gasteiger partial charge in [0.1, 0.15) is 5.75 Å². The smallest absolute Gasteiger partial charge is 0.251 e. The predicted octanol–water partition coefficient (Wildman–Crippen LogP) is 2.74. The Morgan fingerprint density at radius 1 is 1.15 bits per heavy atom. The molecule has 0 saturated heterocycles. The fraction of sp³-hybridized carbons (Fsp3) is 0.350. The minimum atomic E-state index is -3.70. The molecule has 0 radical (unpaired) electrons. The van der Waals surface area contributed by atoms with E-state index >= 15 is 0 Å². The number of carbonyl (C=O) groups is 1. The largest absolute Gasteiger partial charge is 0.497 e. The Bertz CT molecular complexity index is 881. The maximum atomic E-state index is 12.5. The zero-order chi connectivity index (χ0) is 19.9. The van der Waals surface area contributed by atoms with Crippen LogP contribution in [0, 0.1) is 0 Å². The van der Waals surface area contributed by atoms with Gasteiger partial charge in [0.25, 0.3) is 5.91 Å². The van der Waals surface area contributed by atoms with Gasteiger partial charge in [-0.2, -0.15) is 0 Å². The quantitative estimate of drug-likeness (QED) is 0.689. The lowest BCUT2D eigenvalue weighted by Crippen LogP contribution is -2.32. The van der Waals surface area contributed by atoms with E-state index in [9.17, 15) is 13.2 Å². The van der Waals surface area contributed by atoms with Crippen LogP contribution in [-0.4, -0.2) is 34.0 Å². The average molecular weight is 391 g/mol. The van der Waals surface area contributed by atoms with Gasteiger partial charge in [0.2, 0.25) is 10.0 Å². The third kappa shape index (κ3) is 6.08. The predicted molar refractivity (Wildman–Crippen MR) is 106 cm³/mol. The first-order valence-electron chi connectivity index (χ1n) is 8.89. The minimum absolute atomic E-state index is 0.0266. The fourth-order valence-electron chi connectivity index (χ4n) is 2.45. The van der Waals surface area contributed by atoms with Crippen LogP contribution in [0.1, 0.15) is 36.2 Å². The lowest BCUT2D eigenvalue weighted by Gasteiger charge is -2.12. The van der Waals surface area contributed by atoms with Crippen LogP contribution in [0.3, 0.4) is 0 Å². The normalized spacial score (nSPS) is 12.4. The summed E-state index contributed by atoms with van der Waals surface area (Å²) < 4.78 is 32.8. The number of nitrogens with one attached hydrogen (secondary N) is 2. The summed E-state index contributed by atoms with van der Waals surface area (Å²) in [5.74, 6) is 0.452. The monoisotopic (exact) mass is 390 g/mol. The summed E-state index contributed by atoms with van der Waals surface area (Å²) in [5, 5.41) is 2.83. The molecule has 27 heavy (non-hydrogen) atoms. The van der Waals surface area contributed by atoms with Crippen molar-refractivity contribution in [3.8, 4) is 5.75 Å². The molecule has 0 bridgehead atoms. The molecule has 7 heteroatoms. The standard InChI is InChI=1S/C20H26N2O4S/c1-4-15(2)22-20(23)17-8-6-10-19(14-17)27(24,25)21-12-11-16-7-5-9-18(13-16)26-3/h5-10,13-15,21H,4,11-12H2,1-3H3,(H,22,23). The van der Waals surface area contributed by atoms with Crippen molar-refractivity contribution in [2.75, 3.05) is 13.7 Å². The SMILES string of the molecule is CCC(C)NC(=O)c1cccc(S(=O)(=O)NCCc2cccc(OC)c2)c1. The number of hydrogen-bond acceptors (Lipinski definition) is 4. The van der Waals surface area contributed by atoms with Gasteiger partial charge in [0, 0.05) is 18.2 Å². The van der Waals surface area contributed by atoms with Crippen molar-refractivity contribution < 1.29 is 17.9 Å². The van der Waals surface area contributed by atoms with E-state index in [1.807, 2.05) is 38.1 Å². The molecule has 6 nitrogen and oxygen atoms in total. The molecule has 0 aliphatic rings. The van der Waals surface area contributed by atoms with Gasteiger partial charge in [0.15, 0.2) is 0 Å². The van der Waals surface area contributed by atoms with Crippen LogP contribution in [0.4, 0.5) is 0 Å². The lowest BCUT2D eigenvalue weighted by atomic mass is 10.1. The van der Waals surface area contributed by atoms with E-state index < -0.39 is 10.0 Å². The van der Waals surface area contributed by atoms with Crippen LogP contribution in [0.5, 0.6) is 5.75 Å². The number of rotatable bonds is 9. The Morgan fingerprint density at radius 2 is 1.89 bits per heavy atom. The van der Waals surface area contributed by atoms with Crippen LogP contribution in [0.2, 0.25) is 0 Å². The molecule has 0 spiro atoms. The number of hydrogen-bond donors (Lipinski definition) is 2. The Labute approximate surface area is 161 Å². The van der Waals surface area contributed by atoms with Crippen molar-refractivity contribution in [2.24, 2.45) is 0 Å². The van der Waals surface area contributed by atoms with E-state index in [-0.39, 0.29) is 23.4 Å². The Morgan fingerprint density at radius 3 is 2.59 bits per heavy atom. The zero-order valence-electron chi connectivity index (χ0n) is 15.9. The second kappa shape index (κ2) is 9.53. The first kappa shape index (κ1) is 20.9. The van der Waals surface area contributed by atoms with Gasteiger partial charge in [-0.3, -0.25) is 4.79 Å². The molecule has 0 heterocycles. The molecule has 1 atom stereocenters. The Kier molecular flexibility index (Phi) is 7.38. The Balaban J connectivity index is 2.03. The highest BCUT2D eigenvalue weighted by atomic mass is 32.2. The summed E-state index contributed by atoms with van der Waals surface area (Å²) in [6.45, 7) is 4.12. The van der Waals surface area contributed by atoms with Crippen LogP contribution in [0.25, 0.3) is 0 Å². The molecule has 0 fully saturated rings. The first-order chi connectivity index (χ1) is 12.9. The zero-order valence-corrected chi connectivity index (χ0v) is 16.7. The van der Waals surface area contributed by atoms with Crippen molar-refractivity contribution >= 4 is 15.9 Å². The van der Waals surface area contributed by atoms with Crippen molar-refractivity contribution in [2.45, 2.75) is 37.6 Å². The van der Waals surface area contributed by atoms with Crippen LogP contribution < -0.4 is 14.8 Å². The van der Waals surface area contributed by atoms with E-state index in [2.05, 4.69) is 10.0 Å². The maximum absolute atomic E-state index is 12.5. The lowest BCUT2D eigenvalue weighted by molar-refractivity contribution is 0.0939. The second-order valence-corrected chi connectivity index (χ2v) is 8.08. The van der Waals surface area contributed by atoms with Gasteiger partial charge < -0.3 is 10.1 Å². The van der Waals surface area contributed by atoms with Crippen LogP contribution in [-0.2, 0) is 16.4 Å². The van der Waals surface area contributed by atoms with Gasteiger partial charge in [-0.25, -0.2) is 13.1 Å². The maximum Gasteiger partial charge on any atom is 0.251 e. The molecule has 0 aromatic heterocycles. The molecule has 2 rings (SSSR count). The summed E-state index contributed by atoms with van der Waals surface area (Å²) in [7, 11) is -2.11. The van der Waals surface area contributed by atoms with E-state index in [4.69, 9.17) is 4.74 Å². The number of methoxy groups -OCH3 is 1. The summed E-state index contributed by atoms with van der Waals surface area (Å²) in [6, 6.07) is 13.6. The second-order valence-electron chi connectivity index (χ2n) is 6.31. The van der Waals surface area contributed by atoms with Gasteiger partial charge in [-0.1, -0.05) is 25.1 Å². The van der Waals surface area contributed by atoms with Gasteiger partial charge in [-0.15, -0.1) is 0 Å². The summed E-state index contributed by atoms with van der Waals surface area (Å²) in [4.78, 5) is 12.3. The molecule has 1 unspecified atom stereocenters. The molecule has 2 N–H and O–H groups in total. The van der Waals surface area contributed by atoms with E-state index in [1.54, 1.807) is 19.2 Å². The van der Waals surface area contributed by atoms with Crippen molar-refractivity contribution in [3.05, 3.63) is 59.7 Å². The highest BCUT2D eigenvalue weighted by molar-refractivity contribution is 7.89. The van der Waals surface area contributed by atoms with Gasteiger partial charge in [0.05, 0.1) is 12.0 Å².